The molecule has 1 fully saturated rings. The van der Waals surface area contributed by atoms with Crippen LogP contribution in [0, 0.1) is 13.7 Å². The summed E-state index contributed by atoms with van der Waals surface area (Å²) in [4.78, 5) is 10.7. The van der Waals surface area contributed by atoms with E-state index < -0.39 is 5.60 Å². The van der Waals surface area contributed by atoms with Gasteiger partial charge in [0.1, 0.15) is 5.69 Å². The lowest BCUT2D eigenvalue weighted by atomic mass is 9.94. The number of nitrogens with one attached hydrogen (secondary N) is 1. The maximum Gasteiger partial charge on any atom is 0.293 e. The maximum absolute atomic E-state index is 11.1. The fourth-order valence-electron chi connectivity index (χ4n) is 2.63. The van der Waals surface area contributed by atoms with Gasteiger partial charge >= 0.3 is 0 Å². The molecule has 1 aliphatic carbocycles. The summed E-state index contributed by atoms with van der Waals surface area (Å²) in [5, 5.41) is 24.7. The first kappa shape index (κ1) is 15.5. The Labute approximate surface area is 132 Å². The molecule has 0 spiro atoms. The zero-order valence-corrected chi connectivity index (χ0v) is 13.4. The third-order valence-electron chi connectivity index (χ3n) is 3.80. The lowest BCUT2D eigenvalue weighted by molar-refractivity contribution is -0.384. The molecule has 0 amide bonds. The first-order valence-electron chi connectivity index (χ1n) is 6.90. The molecule has 2 N–H and O–H groups in total. The molecule has 1 saturated carbocycles. The minimum atomic E-state index is -0.743. The van der Waals surface area contributed by atoms with Gasteiger partial charge in [-0.05, 0) is 47.6 Å². The molecule has 5 nitrogen and oxygen atoms in total. The van der Waals surface area contributed by atoms with E-state index in [1.807, 2.05) is 6.07 Å². The summed E-state index contributed by atoms with van der Waals surface area (Å²) in [6.07, 6.45) is 5.88. The van der Waals surface area contributed by atoms with E-state index in [0.29, 0.717) is 12.2 Å². The fourth-order valence-corrected chi connectivity index (χ4v) is 3.10. The molecule has 0 atom stereocenters. The molecule has 0 aliphatic heterocycles. The van der Waals surface area contributed by atoms with Gasteiger partial charge in [-0.3, -0.25) is 10.1 Å². The average Bonchev–Trinajstić information content (AvgIpc) is 2.62. The molecule has 1 aliphatic rings. The minimum absolute atomic E-state index is 0.0640. The summed E-state index contributed by atoms with van der Waals surface area (Å²) < 4.78 is 0.827. The number of benzene rings is 1. The second-order valence-electron chi connectivity index (χ2n) is 5.41. The number of nitrogens with zero attached hydrogens (tertiary/aromatic N) is 1. The van der Waals surface area contributed by atoms with Gasteiger partial charge in [0.05, 0.1) is 10.5 Å². The molecule has 0 saturated heterocycles. The number of anilines is 1. The Balaban J connectivity index is 2.08. The summed E-state index contributed by atoms with van der Waals surface area (Å²) in [5.74, 6) is 0. The lowest BCUT2D eigenvalue weighted by Gasteiger charge is -2.27. The number of rotatable bonds is 4. The molecule has 0 unspecified atom stereocenters. The maximum atomic E-state index is 11.1. The summed E-state index contributed by atoms with van der Waals surface area (Å²) in [7, 11) is 0. The van der Waals surface area contributed by atoms with E-state index in [9.17, 15) is 15.2 Å². The number of aliphatic hydroxyl groups is 1. The Morgan fingerprint density at radius 1 is 1.30 bits per heavy atom. The van der Waals surface area contributed by atoms with Gasteiger partial charge in [-0.2, -0.15) is 0 Å². The first-order chi connectivity index (χ1) is 9.50. The van der Waals surface area contributed by atoms with Crippen molar-refractivity contribution in [3.63, 3.8) is 0 Å². The van der Waals surface area contributed by atoms with Crippen LogP contribution < -0.4 is 5.32 Å². The van der Waals surface area contributed by atoms with Crippen LogP contribution in [-0.4, -0.2) is 22.2 Å². The number of nitro benzene ring substituents is 1. The van der Waals surface area contributed by atoms with Crippen LogP contribution in [0.1, 0.15) is 38.5 Å². The topological polar surface area (TPSA) is 75.4 Å². The summed E-state index contributed by atoms with van der Waals surface area (Å²) in [6.45, 7) is 0.369. The molecule has 110 valence electrons. The predicted octanol–water partition coefficient (Wildman–Crippen LogP) is 3.70. The molecule has 2 rings (SSSR count). The predicted molar refractivity (Wildman–Crippen MR) is 87.0 cm³/mol. The van der Waals surface area contributed by atoms with Gasteiger partial charge in [0.2, 0.25) is 0 Å². The third kappa shape index (κ3) is 4.05. The molecule has 0 aromatic heterocycles. The Morgan fingerprint density at radius 2 is 1.95 bits per heavy atom. The van der Waals surface area contributed by atoms with E-state index >= 15 is 0 Å². The highest BCUT2D eigenvalue weighted by molar-refractivity contribution is 14.1. The fraction of sp³-hybridized carbons (Fsp3) is 0.571. The van der Waals surface area contributed by atoms with Crippen LogP contribution in [-0.2, 0) is 0 Å². The molecule has 6 heteroatoms. The molecular formula is C14H19IN2O3. The normalized spacial score (nSPS) is 18.3. The monoisotopic (exact) mass is 390 g/mol. The van der Waals surface area contributed by atoms with E-state index in [4.69, 9.17) is 0 Å². The highest BCUT2D eigenvalue weighted by Crippen LogP contribution is 2.30. The van der Waals surface area contributed by atoms with Crippen molar-refractivity contribution in [3.05, 3.63) is 31.9 Å². The quantitative estimate of drug-likeness (QED) is 0.356. The largest absolute Gasteiger partial charge is 0.388 e. The van der Waals surface area contributed by atoms with E-state index in [2.05, 4.69) is 27.9 Å². The van der Waals surface area contributed by atoms with Crippen molar-refractivity contribution in [2.45, 2.75) is 44.1 Å². The minimum Gasteiger partial charge on any atom is -0.388 e. The summed E-state index contributed by atoms with van der Waals surface area (Å²) in [6, 6.07) is 5.08. The van der Waals surface area contributed by atoms with Gasteiger partial charge in [0, 0.05) is 16.2 Å². The van der Waals surface area contributed by atoms with Crippen molar-refractivity contribution in [1.29, 1.82) is 0 Å². The molecular weight excluding hydrogens is 371 g/mol. The van der Waals surface area contributed by atoms with Crippen LogP contribution in [0.5, 0.6) is 0 Å². The Hall–Kier alpha value is -0.890. The van der Waals surface area contributed by atoms with Gasteiger partial charge in [-0.25, -0.2) is 0 Å². The second-order valence-corrected chi connectivity index (χ2v) is 6.66. The van der Waals surface area contributed by atoms with E-state index in [1.54, 1.807) is 12.1 Å². The molecule has 0 heterocycles. The highest BCUT2D eigenvalue weighted by atomic mass is 127. The van der Waals surface area contributed by atoms with Crippen molar-refractivity contribution in [1.82, 2.24) is 0 Å². The smallest absolute Gasteiger partial charge is 0.293 e. The van der Waals surface area contributed by atoms with Crippen LogP contribution in [0.25, 0.3) is 0 Å². The van der Waals surface area contributed by atoms with E-state index in [0.717, 1.165) is 42.1 Å². The zero-order chi connectivity index (χ0) is 14.6. The number of hydrogen-bond donors (Lipinski definition) is 2. The first-order valence-corrected chi connectivity index (χ1v) is 7.98. The van der Waals surface area contributed by atoms with Crippen LogP contribution in [0.4, 0.5) is 11.4 Å². The zero-order valence-electron chi connectivity index (χ0n) is 11.3. The number of halogens is 1. The van der Waals surface area contributed by atoms with E-state index in [1.165, 1.54) is 0 Å². The average molecular weight is 390 g/mol. The van der Waals surface area contributed by atoms with Crippen molar-refractivity contribution in [3.8, 4) is 0 Å². The molecule has 0 bridgehead atoms. The van der Waals surface area contributed by atoms with Crippen LogP contribution in [0.15, 0.2) is 18.2 Å². The molecule has 1 aromatic rings. The van der Waals surface area contributed by atoms with Crippen LogP contribution in [0.2, 0.25) is 0 Å². The van der Waals surface area contributed by atoms with Gasteiger partial charge in [0.15, 0.2) is 0 Å². The van der Waals surface area contributed by atoms with Crippen molar-refractivity contribution >= 4 is 34.0 Å². The second kappa shape index (κ2) is 6.71. The number of hydrogen-bond acceptors (Lipinski definition) is 4. The third-order valence-corrected chi connectivity index (χ3v) is 4.47. The molecule has 0 radical (unpaired) electrons. The molecule has 1 aromatic carbocycles. The van der Waals surface area contributed by atoms with Gasteiger partial charge in [0.25, 0.3) is 5.69 Å². The van der Waals surface area contributed by atoms with Gasteiger partial charge in [-0.15, -0.1) is 0 Å². The Kier molecular flexibility index (Phi) is 5.20. The standard InChI is InChI=1S/C14H19IN2O3/c15-11-5-6-12(13(9-11)17(19)20)16-10-14(18)7-3-1-2-4-8-14/h5-6,9,16,18H,1-4,7-8,10H2. The van der Waals surface area contributed by atoms with E-state index in [-0.39, 0.29) is 10.6 Å². The highest BCUT2D eigenvalue weighted by Gasteiger charge is 2.28. The Morgan fingerprint density at radius 3 is 2.55 bits per heavy atom. The Bertz CT molecular complexity index is 485. The van der Waals surface area contributed by atoms with Crippen molar-refractivity contribution in [2.24, 2.45) is 0 Å². The SMILES string of the molecule is O=[N+]([O-])c1cc(I)ccc1NCC1(O)CCCCCC1. The van der Waals surface area contributed by atoms with Crippen LogP contribution in [0.3, 0.4) is 0 Å². The molecule has 20 heavy (non-hydrogen) atoms. The summed E-state index contributed by atoms with van der Waals surface area (Å²) in [5.41, 5.74) is -0.199. The van der Waals surface area contributed by atoms with Crippen molar-refractivity contribution in [2.75, 3.05) is 11.9 Å². The summed E-state index contributed by atoms with van der Waals surface area (Å²) >= 11 is 2.05. The van der Waals surface area contributed by atoms with Crippen molar-refractivity contribution < 1.29 is 10.0 Å². The van der Waals surface area contributed by atoms with Crippen LogP contribution >= 0.6 is 22.6 Å². The van der Waals surface area contributed by atoms with Gasteiger partial charge < -0.3 is 10.4 Å². The van der Waals surface area contributed by atoms with Gasteiger partial charge in [-0.1, -0.05) is 25.7 Å². The lowest BCUT2D eigenvalue weighted by Crippen LogP contribution is -2.36. The number of nitro groups is 1.